The van der Waals surface area contributed by atoms with E-state index >= 15 is 0 Å². The van der Waals surface area contributed by atoms with Crippen molar-refractivity contribution < 1.29 is 14.3 Å². The molecule has 100 valence electrons. The number of rotatable bonds is 4. The van der Waals surface area contributed by atoms with Crippen LogP contribution < -0.4 is 10.6 Å². The predicted molar refractivity (Wildman–Crippen MR) is 69.5 cm³/mol. The number of carbonyl (C=O) groups is 1. The van der Waals surface area contributed by atoms with Crippen LogP contribution in [0.2, 0.25) is 0 Å². The van der Waals surface area contributed by atoms with Crippen molar-refractivity contribution >= 4 is 11.7 Å². The normalized spacial score (nSPS) is 13.6. The van der Waals surface area contributed by atoms with Gasteiger partial charge in [-0.1, -0.05) is 0 Å². The number of furan rings is 1. The average molecular weight is 261 g/mol. The van der Waals surface area contributed by atoms with Crippen LogP contribution in [0.5, 0.6) is 0 Å². The highest BCUT2D eigenvalue weighted by atomic mass is 16.4. The number of carbonyl (C=O) groups excluding carboxylic acids is 1. The zero-order valence-electron chi connectivity index (χ0n) is 10.5. The maximum atomic E-state index is 11.6. The molecule has 1 unspecified atom stereocenters. The first-order valence-electron chi connectivity index (χ1n) is 5.79. The molecule has 2 heterocycles. The average Bonchev–Trinajstić information content (AvgIpc) is 2.92. The molecule has 6 nitrogen and oxygen atoms in total. The lowest BCUT2D eigenvalue weighted by Crippen LogP contribution is -2.40. The molecule has 0 fully saturated rings. The molecule has 6 heteroatoms. The Hall–Kier alpha value is -2.34. The highest BCUT2D eigenvalue weighted by Crippen LogP contribution is 2.19. The summed E-state index contributed by atoms with van der Waals surface area (Å²) in [7, 11) is 0. The topological polar surface area (TPSA) is 87.4 Å². The minimum atomic E-state index is -1.25. The lowest BCUT2D eigenvalue weighted by atomic mass is 10.0. The van der Waals surface area contributed by atoms with Crippen molar-refractivity contribution in [1.82, 2.24) is 10.3 Å². The second-order valence-electron chi connectivity index (χ2n) is 4.30. The molecule has 0 radical (unpaired) electrons. The van der Waals surface area contributed by atoms with Gasteiger partial charge in [0.2, 0.25) is 0 Å². The Morgan fingerprint density at radius 3 is 2.95 bits per heavy atom. The van der Waals surface area contributed by atoms with Gasteiger partial charge < -0.3 is 20.2 Å². The third-order valence-electron chi connectivity index (χ3n) is 2.56. The fourth-order valence-corrected chi connectivity index (χ4v) is 1.54. The molecule has 1 atom stereocenters. The van der Waals surface area contributed by atoms with Crippen molar-refractivity contribution in [3.63, 3.8) is 0 Å². The summed E-state index contributed by atoms with van der Waals surface area (Å²) in [5.41, 5.74) is -0.673. The van der Waals surface area contributed by atoms with Gasteiger partial charge in [0.1, 0.15) is 11.4 Å². The molecular weight excluding hydrogens is 246 g/mol. The van der Waals surface area contributed by atoms with Gasteiger partial charge in [-0.15, -0.1) is 0 Å². The van der Waals surface area contributed by atoms with Crippen LogP contribution in [0.4, 0.5) is 10.5 Å². The van der Waals surface area contributed by atoms with Crippen molar-refractivity contribution in [2.45, 2.75) is 12.5 Å². The Morgan fingerprint density at radius 2 is 2.32 bits per heavy atom. The van der Waals surface area contributed by atoms with E-state index in [2.05, 4.69) is 15.6 Å². The van der Waals surface area contributed by atoms with Gasteiger partial charge in [-0.3, -0.25) is 4.98 Å². The Kier molecular flexibility index (Phi) is 3.82. The van der Waals surface area contributed by atoms with Gasteiger partial charge >= 0.3 is 6.03 Å². The number of aromatic nitrogens is 1. The zero-order valence-corrected chi connectivity index (χ0v) is 10.5. The molecule has 0 aliphatic rings. The molecule has 0 saturated carbocycles. The number of nitrogens with zero attached hydrogens (tertiary/aromatic N) is 1. The van der Waals surface area contributed by atoms with E-state index in [0.717, 1.165) is 0 Å². The number of nitrogens with one attached hydrogen (secondary N) is 2. The number of aliphatic hydroxyl groups is 1. The Labute approximate surface area is 110 Å². The van der Waals surface area contributed by atoms with Gasteiger partial charge in [0.05, 0.1) is 24.7 Å². The van der Waals surface area contributed by atoms with Crippen LogP contribution >= 0.6 is 0 Å². The van der Waals surface area contributed by atoms with E-state index in [4.69, 9.17) is 4.42 Å². The van der Waals surface area contributed by atoms with E-state index in [0.29, 0.717) is 11.4 Å². The molecule has 0 saturated heterocycles. The number of urea groups is 1. The summed E-state index contributed by atoms with van der Waals surface area (Å²) in [6, 6.07) is 6.35. The van der Waals surface area contributed by atoms with E-state index in [1.54, 1.807) is 37.4 Å². The van der Waals surface area contributed by atoms with Crippen LogP contribution in [0.3, 0.4) is 0 Å². The predicted octanol–water partition coefficient (Wildman–Crippen LogP) is 1.70. The largest absolute Gasteiger partial charge is 0.466 e. The van der Waals surface area contributed by atoms with Crippen molar-refractivity contribution in [3.05, 3.63) is 48.7 Å². The van der Waals surface area contributed by atoms with Gasteiger partial charge in [-0.05, 0) is 31.2 Å². The summed E-state index contributed by atoms with van der Waals surface area (Å²) >= 11 is 0. The van der Waals surface area contributed by atoms with E-state index in [-0.39, 0.29) is 6.54 Å². The lowest BCUT2D eigenvalue weighted by molar-refractivity contribution is 0.0372. The van der Waals surface area contributed by atoms with Crippen LogP contribution in [0.15, 0.2) is 47.3 Å². The van der Waals surface area contributed by atoms with Crippen LogP contribution in [0.25, 0.3) is 0 Å². The fraction of sp³-hybridized carbons (Fsp3) is 0.231. The smallest absolute Gasteiger partial charge is 0.319 e. The molecule has 19 heavy (non-hydrogen) atoms. The number of anilines is 1. The minimum absolute atomic E-state index is 0.0343. The van der Waals surface area contributed by atoms with Crippen molar-refractivity contribution in [3.8, 4) is 0 Å². The summed E-state index contributed by atoms with van der Waals surface area (Å²) in [6.45, 7) is 1.60. The summed E-state index contributed by atoms with van der Waals surface area (Å²) in [6.07, 6.45) is 4.62. The molecule has 3 N–H and O–H groups in total. The molecule has 0 spiro atoms. The SMILES string of the molecule is CC(O)(CNC(=O)Nc1cccnc1)c1ccco1. The summed E-state index contributed by atoms with van der Waals surface area (Å²) in [5, 5.41) is 15.3. The van der Waals surface area contributed by atoms with Crippen molar-refractivity contribution in [1.29, 1.82) is 0 Å². The third kappa shape index (κ3) is 3.56. The molecular formula is C13H15N3O3. The Morgan fingerprint density at radius 1 is 1.47 bits per heavy atom. The van der Waals surface area contributed by atoms with Gasteiger partial charge in [-0.25, -0.2) is 4.79 Å². The maximum Gasteiger partial charge on any atom is 0.319 e. The first-order valence-corrected chi connectivity index (χ1v) is 5.79. The second-order valence-corrected chi connectivity index (χ2v) is 4.30. The van der Waals surface area contributed by atoms with Crippen molar-refractivity contribution in [2.24, 2.45) is 0 Å². The minimum Gasteiger partial charge on any atom is -0.466 e. The number of hydrogen-bond donors (Lipinski definition) is 3. The Balaban J connectivity index is 1.87. The maximum absolute atomic E-state index is 11.6. The van der Waals surface area contributed by atoms with E-state index in [1.165, 1.54) is 12.5 Å². The summed E-state index contributed by atoms with van der Waals surface area (Å²) in [5.74, 6) is 0.397. The van der Waals surface area contributed by atoms with E-state index < -0.39 is 11.6 Å². The number of hydrogen-bond acceptors (Lipinski definition) is 4. The molecule has 2 aromatic rings. The first-order chi connectivity index (χ1) is 9.08. The second kappa shape index (κ2) is 5.53. The van der Waals surface area contributed by atoms with E-state index in [1.807, 2.05) is 0 Å². The number of amides is 2. The monoisotopic (exact) mass is 261 g/mol. The molecule has 2 rings (SSSR count). The third-order valence-corrected chi connectivity index (χ3v) is 2.56. The van der Waals surface area contributed by atoms with Crippen LogP contribution in [0, 0.1) is 0 Å². The first kappa shape index (κ1) is 13.1. The quantitative estimate of drug-likeness (QED) is 0.781. The molecule has 0 aliphatic heterocycles. The van der Waals surface area contributed by atoms with E-state index in [9.17, 15) is 9.90 Å². The molecule has 2 amide bonds. The molecule has 0 aromatic carbocycles. The van der Waals surface area contributed by atoms with Crippen LogP contribution in [-0.2, 0) is 5.60 Å². The van der Waals surface area contributed by atoms with Gasteiger partial charge in [0, 0.05) is 6.20 Å². The molecule has 0 aliphatic carbocycles. The lowest BCUT2D eigenvalue weighted by Gasteiger charge is -2.21. The highest BCUT2D eigenvalue weighted by Gasteiger charge is 2.26. The van der Waals surface area contributed by atoms with Crippen LogP contribution in [-0.4, -0.2) is 22.7 Å². The zero-order chi connectivity index (χ0) is 13.7. The van der Waals surface area contributed by atoms with Crippen molar-refractivity contribution in [2.75, 3.05) is 11.9 Å². The Bertz CT molecular complexity index is 523. The molecule has 0 bridgehead atoms. The van der Waals surface area contributed by atoms with Gasteiger partial charge in [-0.2, -0.15) is 0 Å². The highest BCUT2D eigenvalue weighted by molar-refractivity contribution is 5.88. The fourth-order valence-electron chi connectivity index (χ4n) is 1.54. The standard InChI is InChI=1S/C13H15N3O3/c1-13(18,11-5-3-7-19-11)9-15-12(17)16-10-4-2-6-14-8-10/h2-8,18H,9H2,1H3,(H2,15,16,17). The molecule has 2 aromatic heterocycles. The van der Waals surface area contributed by atoms with Gasteiger partial charge in [0.25, 0.3) is 0 Å². The van der Waals surface area contributed by atoms with Gasteiger partial charge in [0.15, 0.2) is 0 Å². The number of pyridine rings is 1. The van der Waals surface area contributed by atoms with Crippen LogP contribution in [0.1, 0.15) is 12.7 Å². The summed E-state index contributed by atoms with van der Waals surface area (Å²) in [4.78, 5) is 15.5. The summed E-state index contributed by atoms with van der Waals surface area (Å²) < 4.78 is 5.12.